The number of nitrogens with two attached hydrogens (primary N) is 1. The molecule has 2 rings (SSSR count). The molecule has 0 aromatic heterocycles. The summed E-state index contributed by atoms with van der Waals surface area (Å²) in [6, 6.07) is 7.87. The predicted molar refractivity (Wildman–Crippen MR) is 117 cm³/mol. The molecular formula is C23H38N2O5. The van der Waals surface area contributed by atoms with Gasteiger partial charge in [-0.2, -0.15) is 0 Å². The lowest BCUT2D eigenvalue weighted by atomic mass is 10.1. The molecule has 1 fully saturated rings. The number of benzene rings is 1. The molecule has 1 aromatic rings. The fourth-order valence-corrected chi connectivity index (χ4v) is 3.08. The molecular weight excluding hydrogens is 384 g/mol. The zero-order valence-electron chi connectivity index (χ0n) is 18.6. The van der Waals surface area contributed by atoms with Gasteiger partial charge in [-0.1, -0.05) is 18.6 Å². The minimum atomic E-state index is -0.306. The van der Waals surface area contributed by atoms with Gasteiger partial charge in [-0.05, 0) is 76.4 Å². The summed E-state index contributed by atoms with van der Waals surface area (Å²) in [5, 5.41) is 0. The Balaban J connectivity index is 0.000000656. The average Bonchev–Trinajstić information content (AvgIpc) is 2.74. The van der Waals surface area contributed by atoms with Crippen LogP contribution in [0.3, 0.4) is 0 Å². The zero-order valence-corrected chi connectivity index (χ0v) is 18.6. The first-order chi connectivity index (χ1) is 14.5. The van der Waals surface area contributed by atoms with Crippen molar-refractivity contribution in [3.63, 3.8) is 0 Å². The number of nitrogens with zero attached hydrogens (tertiary/aromatic N) is 1. The number of carbonyl (C=O) groups is 2. The zero-order chi connectivity index (χ0) is 22.0. The summed E-state index contributed by atoms with van der Waals surface area (Å²) in [7, 11) is 0. The Bertz CT molecular complexity index is 586. The monoisotopic (exact) mass is 422 g/mol. The molecule has 0 aliphatic carbocycles. The van der Waals surface area contributed by atoms with Crippen LogP contribution < -0.4 is 10.5 Å². The summed E-state index contributed by atoms with van der Waals surface area (Å²) >= 11 is 0. The summed E-state index contributed by atoms with van der Waals surface area (Å²) in [6.45, 7) is 7.86. The minimum absolute atomic E-state index is 0.0352. The first-order valence-corrected chi connectivity index (χ1v) is 11.0. The maximum absolute atomic E-state index is 11.7. The van der Waals surface area contributed by atoms with Crippen molar-refractivity contribution in [3.05, 3.63) is 29.8 Å². The molecule has 1 aliphatic rings. The van der Waals surface area contributed by atoms with Crippen molar-refractivity contribution in [2.45, 2.75) is 52.4 Å². The number of rotatable bonds is 11. The summed E-state index contributed by atoms with van der Waals surface area (Å²) in [5.41, 5.74) is 6.76. The SMILES string of the molecule is CCOC(C)=O.NCCCCc1ccc(OCC(=O)OCCN2CCCCC2)cc1. The Kier molecular flexibility index (Phi) is 14.4. The van der Waals surface area contributed by atoms with E-state index in [9.17, 15) is 9.59 Å². The van der Waals surface area contributed by atoms with E-state index < -0.39 is 0 Å². The Morgan fingerprint density at radius 1 is 1.03 bits per heavy atom. The van der Waals surface area contributed by atoms with E-state index in [2.05, 4.69) is 9.64 Å². The minimum Gasteiger partial charge on any atom is -0.482 e. The molecule has 2 N–H and O–H groups in total. The number of carbonyl (C=O) groups excluding carboxylic acids is 2. The van der Waals surface area contributed by atoms with E-state index >= 15 is 0 Å². The van der Waals surface area contributed by atoms with Crippen LogP contribution in [-0.4, -0.2) is 62.8 Å². The van der Waals surface area contributed by atoms with Crippen LogP contribution in [0.15, 0.2) is 24.3 Å². The van der Waals surface area contributed by atoms with Crippen molar-refractivity contribution in [2.75, 3.05) is 46.0 Å². The summed E-state index contributed by atoms with van der Waals surface area (Å²) < 4.78 is 15.1. The van der Waals surface area contributed by atoms with Crippen molar-refractivity contribution in [1.82, 2.24) is 4.90 Å². The molecule has 0 unspecified atom stereocenters. The highest BCUT2D eigenvalue weighted by atomic mass is 16.6. The number of aryl methyl sites for hydroxylation is 1. The average molecular weight is 423 g/mol. The quantitative estimate of drug-likeness (QED) is 0.433. The van der Waals surface area contributed by atoms with Gasteiger partial charge < -0.3 is 19.9 Å². The Labute approximate surface area is 180 Å². The van der Waals surface area contributed by atoms with Gasteiger partial charge in [0.15, 0.2) is 6.61 Å². The number of hydrogen-bond acceptors (Lipinski definition) is 7. The van der Waals surface area contributed by atoms with Gasteiger partial charge in [-0.15, -0.1) is 0 Å². The highest BCUT2D eigenvalue weighted by Gasteiger charge is 2.11. The van der Waals surface area contributed by atoms with E-state index in [1.807, 2.05) is 24.3 Å². The molecule has 1 heterocycles. The second-order valence-corrected chi connectivity index (χ2v) is 7.23. The normalized spacial score (nSPS) is 13.7. The molecule has 0 bridgehead atoms. The molecule has 1 saturated heterocycles. The van der Waals surface area contributed by atoms with Crippen molar-refractivity contribution in [1.29, 1.82) is 0 Å². The van der Waals surface area contributed by atoms with E-state index in [1.54, 1.807) is 6.92 Å². The highest BCUT2D eigenvalue weighted by Crippen LogP contribution is 2.14. The molecule has 30 heavy (non-hydrogen) atoms. The molecule has 0 spiro atoms. The lowest BCUT2D eigenvalue weighted by Crippen LogP contribution is -2.33. The van der Waals surface area contributed by atoms with Gasteiger partial charge in [0.2, 0.25) is 0 Å². The lowest BCUT2D eigenvalue weighted by Gasteiger charge is -2.25. The maximum atomic E-state index is 11.7. The number of piperidine rings is 1. The number of esters is 2. The summed E-state index contributed by atoms with van der Waals surface area (Å²) in [6.07, 6.45) is 6.98. The smallest absolute Gasteiger partial charge is 0.344 e. The highest BCUT2D eigenvalue weighted by molar-refractivity contribution is 5.71. The number of ether oxygens (including phenoxy) is 3. The number of hydrogen-bond donors (Lipinski definition) is 1. The van der Waals surface area contributed by atoms with E-state index in [4.69, 9.17) is 15.2 Å². The molecule has 0 amide bonds. The third-order valence-corrected chi connectivity index (χ3v) is 4.67. The molecule has 7 nitrogen and oxygen atoms in total. The van der Waals surface area contributed by atoms with Gasteiger partial charge in [0.05, 0.1) is 6.61 Å². The summed E-state index contributed by atoms with van der Waals surface area (Å²) in [5.74, 6) is 0.182. The molecule has 0 saturated carbocycles. The molecule has 0 radical (unpaired) electrons. The van der Waals surface area contributed by atoms with Gasteiger partial charge in [-0.3, -0.25) is 9.69 Å². The van der Waals surface area contributed by atoms with Crippen LogP contribution >= 0.6 is 0 Å². The van der Waals surface area contributed by atoms with E-state index in [1.165, 1.54) is 31.7 Å². The van der Waals surface area contributed by atoms with Crippen LogP contribution in [0.1, 0.15) is 51.5 Å². The third kappa shape index (κ3) is 13.2. The van der Waals surface area contributed by atoms with Crippen LogP contribution in [0, 0.1) is 0 Å². The topological polar surface area (TPSA) is 91.1 Å². The van der Waals surface area contributed by atoms with Crippen LogP contribution in [0.2, 0.25) is 0 Å². The predicted octanol–water partition coefficient (Wildman–Crippen LogP) is 2.95. The van der Waals surface area contributed by atoms with Crippen molar-refractivity contribution in [2.24, 2.45) is 5.73 Å². The standard InChI is InChI=1S/C19H30N2O3.C4H8O2/c20-11-3-2-6-17-7-9-18(10-8-17)24-16-19(22)23-15-14-21-12-4-1-5-13-21;1-3-6-4(2)5/h7-10H,1-6,11-16,20H2;3H2,1-2H3. The Morgan fingerprint density at radius 3 is 2.30 bits per heavy atom. The fraction of sp³-hybridized carbons (Fsp3) is 0.652. The second-order valence-electron chi connectivity index (χ2n) is 7.23. The molecule has 1 aromatic carbocycles. The molecule has 0 atom stereocenters. The first-order valence-electron chi connectivity index (χ1n) is 11.0. The van der Waals surface area contributed by atoms with Crippen molar-refractivity contribution >= 4 is 11.9 Å². The second kappa shape index (κ2) is 16.7. The van der Waals surface area contributed by atoms with Crippen LogP contribution in [0.25, 0.3) is 0 Å². The number of unbranched alkanes of at least 4 members (excludes halogenated alkanes) is 1. The van der Waals surface area contributed by atoms with E-state index in [0.717, 1.165) is 45.4 Å². The van der Waals surface area contributed by atoms with Crippen LogP contribution in [0.5, 0.6) is 5.75 Å². The largest absolute Gasteiger partial charge is 0.482 e. The lowest BCUT2D eigenvalue weighted by molar-refractivity contribution is -0.146. The number of likely N-dealkylation sites (tertiary alicyclic amines) is 1. The first kappa shape index (κ1) is 25.9. The Hall–Kier alpha value is -2.12. The fourth-order valence-electron chi connectivity index (χ4n) is 3.08. The molecule has 1 aliphatic heterocycles. The van der Waals surface area contributed by atoms with Gasteiger partial charge in [0.25, 0.3) is 0 Å². The third-order valence-electron chi connectivity index (χ3n) is 4.67. The maximum Gasteiger partial charge on any atom is 0.344 e. The van der Waals surface area contributed by atoms with Gasteiger partial charge in [0, 0.05) is 13.5 Å². The van der Waals surface area contributed by atoms with E-state index in [-0.39, 0.29) is 18.5 Å². The van der Waals surface area contributed by atoms with Gasteiger partial charge in [-0.25, -0.2) is 4.79 Å². The van der Waals surface area contributed by atoms with Crippen LogP contribution in [0.4, 0.5) is 0 Å². The van der Waals surface area contributed by atoms with Crippen molar-refractivity contribution in [3.8, 4) is 5.75 Å². The summed E-state index contributed by atoms with van der Waals surface area (Å²) in [4.78, 5) is 23.9. The Morgan fingerprint density at radius 2 is 1.73 bits per heavy atom. The van der Waals surface area contributed by atoms with Crippen molar-refractivity contribution < 1.29 is 23.8 Å². The van der Waals surface area contributed by atoms with Gasteiger partial charge >= 0.3 is 11.9 Å². The molecule has 7 heteroatoms. The molecule has 170 valence electrons. The van der Waals surface area contributed by atoms with Crippen LogP contribution in [-0.2, 0) is 25.5 Å². The van der Waals surface area contributed by atoms with Gasteiger partial charge in [0.1, 0.15) is 12.4 Å². The van der Waals surface area contributed by atoms with E-state index in [0.29, 0.717) is 19.0 Å².